The molecule has 0 bridgehead atoms. The van der Waals surface area contributed by atoms with Crippen LogP contribution in [0, 0.1) is 0 Å². The van der Waals surface area contributed by atoms with E-state index in [1.807, 2.05) is 0 Å². The Kier molecular flexibility index (Phi) is 3.85. The van der Waals surface area contributed by atoms with Crippen molar-refractivity contribution in [3.05, 3.63) is 35.4 Å². The van der Waals surface area contributed by atoms with Crippen molar-refractivity contribution >= 4 is 0 Å². The van der Waals surface area contributed by atoms with Crippen LogP contribution in [0.3, 0.4) is 0 Å². The van der Waals surface area contributed by atoms with Gasteiger partial charge in [-0.25, -0.2) is 0 Å². The van der Waals surface area contributed by atoms with Gasteiger partial charge in [0, 0.05) is 5.54 Å². The second-order valence-corrected chi connectivity index (χ2v) is 5.77. The molecule has 1 aromatic rings. The summed E-state index contributed by atoms with van der Waals surface area (Å²) in [4.78, 5) is 0. The summed E-state index contributed by atoms with van der Waals surface area (Å²) < 4.78 is 5.88. The highest BCUT2D eigenvalue weighted by molar-refractivity contribution is 5.30. The Morgan fingerprint density at radius 1 is 1.29 bits per heavy atom. The van der Waals surface area contributed by atoms with Crippen LogP contribution in [0.4, 0.5) is 0 Å². The SMILES string of the molecule is CC(C)(C)NCCC1OCCc2ccccc21. The van der Waals surface area contributed by atoms with Gasteiger partial charge < -0.3 is 10.1 Å². The largest absolute Gasteiger partial charge is 0.373 e. The van der Waals surface area contributed by atoms with Gasteiger partial charge in [-0.1, -0.05) is 24.3 Å². The standard InChI is InChI=1S/C15H23NO/c1-15(2,3)16-10-8-14-13-7-5-4-6-12(13)9-11-17-14/h4-7,14,16H,8-11H2,1-3H3. The minimum absolute atomic E-state index is 0.189. The summed E-state index contributed by atoms with van der Waals surface area (Å²) >= 11 is 0. The fourth-order valence-electron chi connectivity index (χ4n) is 2.29. The molecule has 1 unspecified atom stereocenters. The first-order valence-electron chi connectivity index (χ1n) is 6.51. The predicted molar refractivity (Wildman–Crippen MR) is 71.2 cm³/mol. The third kappa shape index (κ3) is 3.55. The molecule has 0 radical (unpaired) electrons. The predicted octanol–water partition coefficient (Wildman–Crippen LogP) is 3.08. The zero-order valence-corrected chi connectivity index (χ0v) is 11.1. The Morgan fingerprint density at radius 2 is 2.06 bits per heavy atom. The van der Waals surface area contributed by atoms with Gasteiger partial charge in [0.05, 0.1) is 12.7 Å². The number of hydrogen-bond donors (Lipinski definition) is 1. The molecule has 1 aromatic carbocycles. The van der Waals surface area contributed by atoms with E-state index in [9.17, 15) is 0 Å². The summed E-state index contributed by atoms with van der Waals surface area (Å²) in [6.45, 7) is 8.45. The minimum Gasteiger partial charge on any atom is -0.373 e. The van der Waals surface area contributed by atoms with E-state index in [2.05, 4.69) is 50.4 Å². The van der Waals surface area contributed by atoms with Crippen LogP contribution >= 0.6 is 0 Å². The van der Waals surface area contributed by atoms with Crippen molar-refractivity contribution in [2.75, 3.05) is 13.2 Å². The van der Waals surface area contributed by atoms with Crippen molar-refractivity contribution < 1.29 is 4.74 Å². The first kappa shape index (κ1) is 12.6. The molecule has 1 atom stereocenters. The molecule has 0 aromatic heterocycles. The molecule has 1 N–H and O–H groups in total. The summed E-state index contributed by atoms with van der Waals surface area (Å²) in [5.74, 6) is 0. The lowest BCUT2D eigenvalue weighted by molar-refractivity contribution is 0.0358. The second-order valence-electron chi connectivity index (χ2n) is 5.77. The van der Waals surface area contributed by atoms with Crippen LogP contribution < -0.4 is 5.32 Å². The molecule has 2 rings (SSSR count). The second kappa shape index (κ2) is 5.19. The molecular formula is C15H23NO. The zero-order valence-electron chi connectivity index (χ0n) is 11.1. The van der Waals surface area contributed by atoms with Crippen molar-refractivity contribution in [1.82, 2.24) is 5.32 Å². The van der Waals surface area contributed by atoms with Crippen LogP contribution in [-0.4, -0.2) is 18.7 Å². The summed E-state index contributed by atoms with van der Waals surface area (Å²) in [7, 11) is 0. The van der Waals surface area contributed by atoms with Gasteiger partial charge in [-0.3, -0.25) is 0 Å². The van der Waals surface area contributed by atoms with Crippen molar-refractivity contribution in [3.8, 4) is 0 Å². The molecule has 0 aliphatic carbocycles. The van der Waals surface area contributed by atoms with E-state index in [4.69, 9.17) is 4.74 Å². The highest BCUT2D eigenvalue weighted by Crippen LogP contribution is 2.29. The summed E-state index contributed by atoms with van der Waals surface area (Å²) in [6, 6.07) is 8.66. The van der Waals surface area contributed by atoms with Gasteiger partial charge in [0.1, 0.15) is 0 Å². The van der Waals surface area contributed by atoms with E-state index in [1.165, 1.54) is 11.1 Å². The Hall–Kier alpha value is -0.860. The normalized spacial score (nSPS) is 20.1. The van der Waals surface area contributed by atoms with Crippen molar-refractivity contribution in [3.63, 3.8) is 0 Å². The third-order valence-corrected chi connectivity index (χ3v) is 3.15. The molecule has 0 spiro atoms. The van der Waals surface area contributed by atoms with E-state index >= 15 is 0 Å². The van der Waals surface area contributed by atoms with Crippen molar-refractivity contribution in [2.45, 2.75) is 45.3 Å². The fraction of sp³-hybridized carbons (Fsp3) is 0.600. The molecule has 0 saturated heterocycles. The molecule has 0 amide bonds. The fourth-order valence-corrected chi connectivity index (χ4v) is 2.29. The number of benzene rings is 1. The molecule has 94 valence electrons. The van der Waals surface area contributed by atoms with Gasteiger partial charge in [-0.05, 0) is 51.3 Å². The molecule has 1 aliphatic heterocycles. The lowest BCUT2D eigenvalue weighted by Crippen LogP contribution is -2.37. The Balaban J connectivity index is 1.95. The monoisotopic (exact) mass is 233 g/mol. The van der Waals surface area contributed by atoms with Gasteiger partial charge >= 0.3 is 0 Å². The highest BCUT2D eigenvalue weighted by Gasteiger charge is 2.20. The lowest BCUT2D eigenvalue weighted by Gasteiger charge is -2.28. The van der Waals surface area contributed by atoms with Crippen LogP contribution in [0.25, 0.3) is 0 Å². The van der Waals surface area contributed by atoms with Crippen LogP contribution in [0.5, 0.6) is 0 Å². The molecule has 1 aliphatic rings. The lowest BCUT2D eigenvalue weighted by atomic mass is 9.95. The molecular weight excluding hydrogens is 210 g/mol. The van der Waals surface area contributed by atoms with E-state index in [0.717, 1.165) is 26.0 Å². The quantitative estimate of drug-likeness (QED) is 0.866. The zero-order chi connectivity index (χ0) is 12.3. The van der Waals surface area contributed by atoms with Crippen LogP contribution in [0.1, 0.15) is 44.4 Å². The Bertz CT molecular complexity index is 367. The van der Waals surface area contributed by atoms with Gasteiger partial charge in [0.2, 0.25) is 0 Å². The minimum atomic E-state index is 0.189. The summed E-state index contributed by atoms with van der Waals surface area (Å²) in [5.41, 5.74) is 3.03. The number of rotatable bonds is 3. The van der Waals surface area contributed by atoms with Crippen LogP contribution in [0.15, 0.2) is 24.3 Å². The maximum atomic E-state index is 5.88. The smallest absolute Gasteiger partial charge is 0.0839 e. The number of ether oxygens (including phenoxy) is 1. The molecule has 2 heteroatoms. The molecule has 1 heterocycles. The van der Waals surface area contributed by atoms with Crippen LogP contribution in [-0.2, 0) is 11.2 Å². The maximum absolute atomic E-state index is 5.88. The first-order chi connectivity index (χ1) is 8.06. The van der Waals surface area contributed by atoms with Gasteiger partial charge in [0.15, 0.2) is 0 Å². The van der Waals surface area contributed by atoms with E-state index in [-0.39, 0.29) is 11.6 Å². The maximum Gasteiger partial charge on any atom is 0.0839 e. The molecule has 0 fully saturated rings. The summed E-state index contributed by atoms with van der Waals surface area (Å²) in [5, 5.41) is 3.52. The average Bonchev–Trinajstić information content (AvgIpc) is 2.28. The highest BCUT2D eigenvalue weighted by atomic mass is 16.5. The number of nitrogens with one attached hydrogen (secondary N) is 1. The third-order valence-electron chi connectivity index (χ3n) is 3.15. The summed E-state index contributed by atoms with van der Waals surface area (Å²) in [6.07, 6.45) is 2.38. The van der Waals surface area contributed by atoms with Gasteiger partial charge in [0.25, 0.3) is 0 Å². The van der Waals surface area contributed by atoms with E-state index in [0.29, 0.717) is 0 Å². The number of hydrogen-bond acceptors (Lipinski definition) is 2. The molecule has 0 saturated carbocycles. The Labute approximate surface area is 104 Å². The van der Waals surface area contributed by atoms with Gasteiger partial charge in [-0.2, -0.15) is 0 Å². The van der Waals surface area contributed by atoms with Crippen molar-refractivity contribution in [2.24, 2.45) is 0 Å². The van der Waals surface area contributed by atoms with Gasteiger partial charge in [-0.15, -0.1) is 0 Å². The first-order valence-corrected chi connectivity index (χ1v) is 6.51. The topological polar surface area (TPSA) is 21.3 Å². The number of fused-ring (bicyclic) bond motifs is 1. The average molecular weight is 233 g/mol. The van der Waals surface area contributed by atoms with E-state index in [1.54, 1.807) is 0 Å². The van der Waals surface area contributed by atoms with E-state index < -0.39 is 0 Å². The Morgan fingerprint density at radius 3 is 2.82 bits per heavy atom. The molecule has 2 nitrogen and oxygen atoms in total. The van der Waals surface area contributed by atoms with Crippen molar-refractivity contribution in [1.29, 1.82) is 0 Å². The van der Waals surface area contributed by atoms with Crippen LogP contribution in [0.2, 0.25) is 0 Å². The molecule has 17 heavy (non-hydrogen) atoms.